The Morgan fingerprint density at radius 3 is 0.891 bits per heavy atom. The van der Waals surface area contributed by atoms with Crippen LogP contribution >= 0.6 is 0 Å². The lowest BCUT2D eigenvalue weighted by Gasteiger charge is -2.06. The lowest BCUT2D eigenvalue weighted by Crippen LogP contribution is -2.25. The normalized spacial score (nSPS) is 12.3. The lowest BCUT2D eigenvalue weighted by molar-refractivity contribution is -0.153. The summed E-state index contributed by atoms with van der Waals surface area (Å²) >= 11 is 0. The highest BCUT2D eigenvalue weighted by molar-refractivity contribution is 5.82. The Hall–Kier alpha value is -1.62. The van der Waals surface area contributed by atoms with Crippen molar-refractivity contribution in [2.45, 2.75) is 283 Å². The molecule has 1 unspecified atom stereocenters. The van der Waals surface area contributed by atoms with E-state index in [1.807, 2.05) is 12.2 Å². The summed E-state index contributed by atoms with van der Waals surface area (Å²) in [6.45, 7) is 4.57. The Balaban J connectivity index is 3.44. The smallest absolute Gasteiger partial charge is 0.340 e. The van der Waals surface area contributed by atoms with Crippen molar-refractivity contribution in [2.75, 3.05) is 0 Å². The van der Waals surface area contributed by atoms with Crippen molar-refractivity contribution in [3.05, 3.63) is 24.7 Å². The Kier molecular flexibility index (Phi) is 45.4. The average Bonchev–Trinajstić information content (AvgIpc) is 3.18. The van der Waals surface area contributed by atoms with E-state index < -0.39 is 24.5 Å². The van der Waals surface area contributed by atoms with Crippen molar-refractivity contribution in [3.8, 4) is 0 Å². The molecule has 0 aliphatic rings. The van der Waals surface area contributed by atoms with Gasteiger partial charge >= 0.3 is 11.9 Å². The van der Waals surface area contributed by atoms with Gasteiger partial charge in [0.25, 0.3) is 0 Å². The van der Waals surface area contributed by atoms with Crippen LogP contribution in [-0.2, 0) is 19.1 Å². The van der Waals surface area contributed by atoms with Gasteiger partial charge < -0.3 is 14.6 Å². The van der Waals surface area contributed by atoms with Gasteiger partial charge in [-0.1, -0.05) is 245 Å². The number of allylic oxidation sites excluding steroid dienone is 2. The number of aliphatic hydroxyl groups is 1. The molecule has 5 heteroatoms. The van der Waals surface area contributed by atoms with Crippen LogP contribution in [0.2, 0.25) is 0 Å². The van der Waals surface area contributed by atoms with Gasteiger partial charge in [0.1, 0.15) is 0 Å². The molecule has 1 N–H and O–H groups in total. The molecule has 0 aliphatic heterocycles. The first kappa shape index (κ1) is 53.4. The maximum absolute atomic E-state index is 12.0. The first-order valence-electron chi connectivity index (χ1n) is 24.5. The molecule has 0 heterocycles. The molecule has 324 valence electrons. The van der Waals surface area contributed by atoms with Crippen molar-refractivity contribution in [3.63, 3.8) is 0 Å². The predicted octanol–water partition coefficient (Wildman–Crippen LogP) is 16.5. The molecule has 0 rings (SSSR count). The summed E-state index contributed by atoms with van der Waals surface area (Å²) < 4.78 is 10.1. The summed E-state index contributed by atoms with van der Waals surface area (Å²) in [6.07, 6.45) is 58.0. The van der Waals surface area contributed by atoms with E-state index in [-0.39, 0.29) is 0 Å². The molecule has 5 nitrogen and oxygen atoms in total. The van der Waals surface area contributed by atoms with Gasteiger partial charge in [-0.25, -0.2) is 4.79 Å². The Labute approximate surface area is 343 Å². The molecule has 0 aromatic rings. The third-order valence-corrected chi connectivity index (χ3v) is 11.2. The van der Waals surface area contributed by atoms with Crippen LogP contribution < -0.4 is 0 Å². The van der Waals surface area contributed by atoms with Gasteiger partial charge in [-0.15, -0.1) is 0 Å². The quantitative estimate of drug-likeness (QED) is 0.0379. The number of carbonyl (C=O) groups is 2. The number of carbonyl (C=O) groups excluding carboxylic acids is 2. The number of hydrogen-bond acceptors (Lipinski definition) is 5. The fraction of sp³-hybridized carbons (Fsp3) is 0.880. The van der Waals surface area contributed by atoms with Crippen LogP contribution in [0, 0.1) is 0 Å². The Bertz CT molecular complexity index is 836. The molecule has 0 saturated carbocycles. The second-order valence-electron chi connectivity index (χ2n) is 16.7. The zero-order valence-corrected chi connectivity index (χ0v) is 37.0. The maximum atomic E-state index is 12.0. The number of rotatable bonds is 45. The van der Waals surface area contributed by atoms with Crippen LogP contribution in [0.1, 0.15) is 277 Å². The second kappa shape index (κ2) is 46.8. The average molecular weight is 775 g/mol. The molecule has 0 amide bonds. The fourth-order valence-corrected chi connectivity index (χ4v) is 7.42. The molecule has 1 atom stereocenters. The van der Waals surface area contributed by atoms with Crippen molar-refractivity contribution >= 4 is 11.9 Å². The van der Waals surface area contributed by atoms with Crippen molar-refractivity contribution in [1.82, 2.24) is 0 Å². The molecular weight excluding hydrogens is 681 g/mol. The van der Waals surface area contributed by atoms with E-state index in [2.05, 4.69) is 13.8 Å². The van der Waals surface area contributed by atoms with Crippen LogP contribution in [0.4, 0.5) is 0 Å². The molecule has 0 aliphatic carbocycles. The number of esters is 2. The zero-order valence-electron chi connectivity index (χ0n) is 37.0. The minimum Gasteiger partial charge on any atom is -0.435 e. The number of aliphatic hydroxyl groups excluding tert-OH is 1. The number of unbranched alkanes of at least 4 members (excludes halogenated alkanes) is 38. The number of hydrogen-bond donors (Lipinski definition) is 1. The van der Waals surface area contributed by atoms with E-state index in [0.717, 1.165) is 25.7 Å². The molecular formula is C50H94O5. The summed E-state index contributed by atoms with van der Waals surface area (Å²) in [5.41, 5.74) is 0. The molecule has 55 heavy (non-hydrogen) atoms. The van der Waals surface area contributed by atoms with E-state index in [4.69, 9.17) is 9.47 Å². The lowest BCUT2D eigenvalue weighted by atomic mass is 10.0. The molecule has 0 radical (unpaired) electrons. The van der Waals surface area contributed by atoms with E-state index in [9.17, 15) is 14.7 Å². The van der Waals surface area contributed by atoms with E-state index in [0.29, 0.717) is 0 Å². The van der Waals surface area contributed by atoms with Gasteiger partial charge in [-0.2, -0.15) is 0 Å². The molecule has 0 spiro atoms. The largest absolute Gasteiger partial charge is 0.435 e. The van der Waals surface area contributed by atoms with Gasteiger partial charge in [-0.3, -0.25) is 4.79 Å². The highest BCUT2D eigenvalue weighted by Gasteiger charge is 2.20. The summed E-state index contributed by atoms with van der Waals surface area (Å²) in [5, 5.41) is 10.0. The topological polar surface area (TPSA) is 72.8 Å². The monoisotopic (exact) mass is 775 g/mol. The van der Waals surface area contributed by atoms with E-state index >= 15 is 0 Å². The van der Waals surface area contributed by atoms with Crippen LogP contribution in [-0.4, -0.2) is 23.1 Å². The van der Waals surface area contributed by atoms with Crippen LogP contribution in [0.25, 0.3) is 0 Å². The Morgan fingerprint density at radius 1 is 0.382 bits per heavy atom. The first-order valence-corrected chi connectivity index (χ1v) is 24.5. The predicted molar refractivity (Wildman–Crippen MR) is 237 cm³/mol. The standard InChI is InChI=1S/C50H94O5/c1-3-5-7-9-11-13-15-17-19-21-23-25-27-29-31-33-35-37-39-41-43-45-54-49(52)47-48(51)50(53)55-46-44-42-40-38-36-34-32-30-28-26-24-22-20-18-16-14-12-10-8-6-4-2/h43-46,48,51H,3-42,47H2,1-2H3/b45-43+,46-44+. The second-order valence-corrected chi connectivity index (χ2v) is 16.7. The summed E-state index contributed by atoms with van der Waals surface area (Å²) in [7, 11) is 0. The third kappa shape index (κ3) is 45.0. The van der Waals surface area contributed by atoms with Gasteiger partial charge in [0.15, 0.2) is 6.10 Å². The summed E-state index contributed by atoms with van der Waals surface area (Å²) in [5.74, 6) is -1.45. The van der Waals surface area contributed by atoms with Gasteiger partial charge in [0.05, 0.1) is 18.9 Å². The zero-order chi connectivity index (χ0) is 40.0. The van der Waals surface area contributed by atoms with E-state index in [1.165, 1.54) is 244 Å². The minimum absolute atomic E-state index is 0.407. The SMILES string of the molecule is CCCCCCCCCCCCCCCCCCCCC/C=C/OC(=O)CC(O)C(=O)O/C=C/CCCCCCCCCCCCCCCCCCCCC. The van der Waals surface area contributed by atoms with Crippen LogP contribution in [0.3, 0.4) is 0 Å². The molecule has 0 bridgehead atoms. The minimum atomic E-state index is -1.51. The number of ether oxygens (including phenoxy) is 2. The fourth-order valence-electron chi connectivity index (χ4n) is 7.42. The highest BCUT2D eigenvalue weighted by Crippen LogP contribution is 2.17. The molecule has 0 saturated heterocycles. The molecule has 0 aromatic heterocycles. The maximum Gasteiger partial charge on any atom is 0.340 e. The van der Waals surface area contributed by atoms with Crippen molar-refractivity contribution < 1.29 is 24.2 Å². The van der Waals surface area contributed by atoms with Crippen LogP contribution in [0.5, 0.6) is 0 Å². The highest BCUT2D eigenvalue weighted by atomic mass is 16.5. The van der Waals surface area contributed by atoms with Gasteiger partial charge in [-0.05, 0) is 37.8 Å². The van der Waals surface area contributed by atoms with Gasteiger partial charge in [0.2, 0.25) is 0 Å². The molecule has 0 fully saturated rings. The first-order chi connectivity index (χ1) is 27.1. The van der Waals surface area contributed by atoms with Gasteiger partial charge in [0, 0.05) is 0 Å². The van der Waals surface area contributed by atoms with Crippen molar-refractivity contribution in [2.24, 2.45) is 0 Å². The van der Waals surface area contributed by atoms with Crippen molar-refractivity contribution in [1.29, 1.82) is 0 Å². The Morgan fingerprint density at radius 2 is 0.618 bits per heavy atom. The van der Waals surface area contributed by atoms with Crippen LogP contribution in [0.15, 0.2) is 24.7 Å². The third-order valence-electron chi connectivity index (χ3n) is 11.2. The molecule has 0 aromatic carbocycles. The summed E-state index contributed by atoms with van der Waals surface area (Å²) in [6, 6.07) is 0. The van der Waals surface area contributed by atoms with E-state index in [1.54, 1.807) is 0 Å². The summed E-state index contributed by atoms with van der Waals surface area (Å²) in [4.78, 5) is 24.0.